The van der Waals surface area contributed by atoms with Crippen molar-refractivity contribution in [1.29, 1.82) is 0 Å². The van der Waals surface area contributed by atoms with E-state index in [2.05, 4.69) is 9.97 Å². The van der Waals surface area contributed by atoms with E-state index in [0.29, 0.717) is 5.56 Å². The number of hydrogen-bond acceptors (Lipinski definition) is 4. The molecule has 2 aromatic heterocycles. The van der Waals surface area contributed by atoms with Gasteiger partial charge in [-0.1, -0.05) is 0 Å². The summed E-state index contributed by atoms with van der Waals surface area (Å²) in [6, 6.07) is 4.20. The third-order valence-electron chi connectivity index (χ3n) is 2.29. The monoisotopic (exact) mass is 247 g/mol. The minimum absolute atomic E-state index is 0.0926. The molecule has 2 N–H and O–H groups in total. The van der Waals surface area contributed by atoms with Crippen molar-refractivity contribution in [2.45, 2.75) is 6.54 Å². The molecule has 0 radical (unpaired) electrons. The molecule has 92 valence electrons. The van der Waals surface area contributed by atoms with Crippen molar-refractivity contribution in [2.24, 2.45) is 0 Å². The number of rotatable bonds is 3. The summed E-state index contributed by atoms with van der Waals surface area (Å²) in [5.41, 5.74) is -0.505. The van der Waals surface area contributed by atoms with Crippen LogP contribution >= 0.6 is 0 Å². The van der Waals surface area contributed by atoms with Gasteiger partial charge < -0.3 is 5.11 Å². The number of nitrogens with zero attached hydrogens (tertiary/aromatic N) is 2. The minimum Gasteiger partial charge on any atom is -0.477 e. The second kappa shape index (κ2) is 4.66. The van der Waals surface area contributed by atoms with Gasteiger partial charge in [0.05, 0.1) is 6.54 Å². The Kier molecular flexibility index (Phi) is 3.05. The number of carboxylic acid groups (broad SMARTS) is 1. The minimum atomic E-state index is -1.13. The number of hydrogen-bond donors (Lipinski definition) is 2. The lowest BCUT2D eigenvalue weighted by atomic mass is 10.2. The zero-order valence-electron chi connectivity index (χ0n) is 9.16. The third kappa shape index (κ3) is 2.51. The highest BCUT2D eigenvalue weighted by Crippen LogP contribution is 2.03. The molecule has 2 aromatic rings. The lowest BCUT2D eigenvalue weighted by molar-refractivity contribution is 0.0690. The molecule has 0 atom stereocenters. The second-order valence-corrected chi connectivity index (χ2v) is 3.59. The first-order chi connectivity index (χ1) is 8.56. The van der Waals surface area contributed by atoms with E-state index < -0.39 is 17.2 Å². The van der Waals surface area contributed by atoms with Crippen LogP contribution in [0.15, 0.2) is 40.2 Å². The van der Waals surface area contributed by atoms with Crippen molar-refractivity contribution in [2.75, 3.05) is 0 Å². The summed E-state index contributed by atoms with van der Waals surface area (Å²) in [4.78, 5) is 38.8. The maximum Gasteiger partial charge on any atom is 0.354 e. The van der Waals surface area contributed by atoms with E-state index in [1.807, 2.05) is 0 Å². The van der Waals surface area contributed by atoms with Crippen molar-refractivity contribution in [1.82, 2.24) is 14.5 Å². The fourth-order valence-electron chi connectivity index (χ4n) is 1.46. The van der Waals surface area contributed by atoms with Gasteiger partial charge in [0.15, 0.2) is 0 Å². The van der Waals surface area contributed by atoms with Crippen molar-refractivity contribution < 1.29 is 9.90 Å². The van der Waals surface area contributed by atoms with Crippen molar-refractivity contribution in [3.05, 3.63) is 62.7 Å². The first-order valence-electron chi connectivity index (χ1n) is 5.04. The molecule has 0 unspecified atom stereocenters. The van der Waals surface area contributed by atoms with Crippen molar-refractivity contribution in [3.63, 3.8) is 0 Å². The smallest absolute Gasteiger partial charge is 0.354 e. The summed E-state index contributed by atoms with van der Waals surface area (Å²) < 4.78 is 1.27. The topological polar surface area (TPSA) is 105 Å². The Morgan fingerprint density at radius 2 is 2.17 bits per heavy atom. The summed E-state index contributed by atoms with van der Waals surface area (Å²) in [7, 11) is 0. The van der Waals surface area contributed by atoms with Gasteiger partial charge in [-0.3, -0.25) is 14.3 Å². The predicted molar refractivity (Wildman–Crippen MR) is 61.6 cm³/mol. The summed E-state index contributed by atoms with van der Waals surface area (Å²) in [6.45, 7) is 0.165. The molecule has 2 rings (SSSR count). The fraction of sp³-hybridized carbons (Fsp3) is 0.0909. The summed E-state index contributed by atoms with van der Waals surface area (Å²) >= 11 is 0. The van der Waals surface area contributed by atoms with Gasteiger partial charge in [0.1, 0.15) is 5.69 Å². The molecule has 0 bridgehead atoms. The zero-order chi connectivity index (χ0) is 13.1. The summed E-state index contributed by atoms with van der Waals surface area (Å²) in [5, 5.41) is 8.79. The Hall–Kier alpha value is -2.70. The molecule has 18 heavy (non-hydrogen) atoms. The van der Waals surface area contributed by atoms with Gasteiger partial charge >= 0.3 is 11.7 Å². The summed E-state index contributed by atoms with van der Waals surface area (Å²) in [6.07, 6.45) is 2.71. The molecular formula is C11H9N3O4. The van der Waals surface area contributed by atoms with Crippen molar-refractivity contribution >= 4 is 5.97 Å². The highest BCUT2D eigenvalue weighted by molar-refractivity contribution is 5.85. The van der Waals surface area contributed by atoms with Crippen LogP contribution in [-0.2, 0) is 6.54 Å². The number of carboxylic acids is 1. The Bertz CT molecular complexity index is 702. The van der Waals surface area contributed by atoms with Crippen LogP contribution in [0.3, 0.4) is 0 Å². The highest BCUT2D eigenvalue weighted by Gasteiger charge is 2.05. The SMILES string of the molecule is O=C(O)c1cc(Cn2ccc(=O)[nH]c2=O)ccn1. The molecule has 0 saturated heterocycles. The zero-order valence-corrected chi connectivity index (χ0v) is 9.16. The molecule has 7 nitrogen and oxygen atoms in total. The van der Waals surface area contributed by atoms with Crippen LogP contribution in [-0.4, -0.2) is 25.6 Å². The first-order valence-corrected chi connectivity index (χ1v) is 5.04. The molecule has 0 saturated carbocycles. The number of aromatic carboxylic acids is 1. The average molecular weight is 247 g/mol. The maximum absolute atomic E-state index is 11.4. The number of H-pyrrole nitrogens is 1. The van der Waals surface area contributed by atoms with Crippen molar-refractivity contribution in [3.8, 4) is 0 Å². The molecule has 0 aliphatic heterocycles. The Morgan fingerprint density at radius 1 is 1.39 bits per heavy atom. The van der Waals surface area contributed by atoms with E-state index in [9.17, 15) is 14.4 Å². The molecule has 7 heteroatoms. The van der Waals surface area contributed by atoms with Gasteiger partial charge in [0.2, 0.25) is 0 Å². The molecule has 0 fully saturated rings. The van der Waals surface area contributed by atoms with E-state index in [1.54, 1.807) is 6.07 Å². The number of aromatic amines is 1. The summed E-state index contributed by atoms with van der Waals surface area (Å²) in [5.74, 6) is -1.13. The van der Waals surface area contributed by atoms with E-state index in [0.717, 1.165) is 0 Å². The van der Waals surface area contributed by atoms with Gasteiger partial charge in [0.25, 0.3) is 5.56 Å². The first kappa shape index (κ1) is 11.8. The van der Waals surface area contributed by atoms with Gasteiger partial charge in [-0.15, -0.1) is 0 Å². The molecule has 0 aromatic carbocycles. The van der Waals surface area contributed by atoms with Crippen LogP contribution in [0.1, 0.15) is 16.1 Å². The highest BCUT2D eigenvalue weighted by atomic mass is 16.4. The molecular weight excluding hydrogens is 238 g/mol. The second-order valence-electron chi connectivity index (χ2n) is 3.59. The number of aromatic nitrogens is 3. The normalized spacial score (nSPS) is 10.2. The number of pyridine rings is 1. The lowest BCUT2D eigenvalue weighted by Crippen LogP contribution is -2.28. The van der Waals surface area contributed by atoms with Crippen LogP contribution in [0.25, 0.3) is 0 Å². The molecule has 2 heterocycles. The molecule has 0 aliphatic rings. The van der Waals surface area contributed by atoms with E-state index in [4.69, 9.17) is 5.11 Å². The van der Waals surface area contributed by atoms with E-state index in [-0.39, 0.29) is 12.2 Å². The van der Waals surface area contributed by atoms with Gasteiger partial charge in [-0.2, -0.15) is 0 Å². The Balaban J connectivity index is 2.34. The van der Waals surface area contributed by atoms with Crippen LogP contribution in [0, 0.1) is 0 Å². The van der Waals surface area contributed by atoms with Crippen LogP contribution < -0.4 is 11.2 Å². The third-order valence-corrected chi connectivity index (χ3v) is 2.29. The van der Waals surface area contributed by atoms with Gasteiger partial charge in [-0.05, 0) is 17.7 Å². The van der Waals surface area contributed by atoms with E-state index >= 15 is 0 Å². The van der Waals surface area contributed by atoms with Gasteiger partial charge in [-0.25, -0.2) is 14.6 Å². The standard InChI is InChI=1S/C11H9N3O4/c15-9-2-4-14(11(18)13-9)6-7-1-3-12-8(5-7)10(16)17/h1-5H,6H2,(H,16,17)(H,13,15,18). The molecule has 0 spiro atoms. The number of carbonyl (C=O) groups is 1. The quantitative estimate of drug-likeness (QED) is 0.773. The van der Waals surface area contributed by atoms with Crippen LogP contribution in [0.5, 0.6) is 0 Å². The fourth-order valence-corrected chi connectivity index (χ4v) is 1.46. The maximum atomic E-state index is 11.4. The molecule has 0 amide bonds. The lowest BCUT2D eigenvalue weighted by Gasteiger charge is -2.04. The largest absolute Gasteiger partial charge is 0.477 e. The predicted octanol–water partition coefficient (Wildman–Crippen LogP) is -0.322. The average Bonchev–Trinajstić information content (AvgIpc) is 2.33. The van der Waals surface area contributed by atoms with E-state index in [1.165, 1.54) is 29.1 Å². The Morgan fingerprint density at radius 3 is 2.83 bits per heavy atom. The molecule has 0 aliphatic carbocycles. The van der Waals surface area contributed by atoms with Gasteiger partial charge in [0, 0.05) is 18.5 Å². The van der Waals surface area contributed by atoms with Crippen LogP contribution in [0.4, 0.5) is 0 Å². The number of nitrogens with one attached hydrogen (secondary N) is 1. The van der Waals surface area contributed by atoms with Crippen LogP contribution in [0.2, 0.25) is 0 Å². The Labute approximate surface area is 100 Å².